The second kappa shape index (κ2) is 7.90. The molecule has 0 bridgehead atoms. The van der Waals surface area contributed by atoms with E-state index in [0.717, 1.165) is 17.0 Å². The van der Waals surface area contributed by atoms with E-state index in [1.165, 1.54) is 0 Å². The number of hydrogen-bond acceptors (Lipinski definition) is 5. The molecule has 130 valence electrons. The molecule has 7 heteroatoms. The largest absolute Gasteiger partial charge is 0.486 e. The molecule has 1 aliphatic heterocycles. The molecule has 3 rings (SSSR count). The van der Waals surface area contributed by atoms with Crippen LogP contribution in [-0.4, -0.2) is 31.4 Å². The SMILES string of the molecule is C/C(=N/NC(=O)CNc1ccc(Cl)cc1)c1ccc2c(c1)OCCO2. The predicted molar refractivity (Wildman–Crippen MR) is 97.7 cm³/mol. The zero-order valence-corrected chi connectivity index (χ0v) is 14.5. The van der Waals surface area contributed by atoms with Crippen molar-refractivity contribution in [3.8, 4) is 11.5 Å². The number of rotatable bonds is 5. The van der Waals surface area contributed by atoms with E-state index in [9.17, 15) is 4.79 Å². The van der Waals surface area contributed by atoms with Crippen molar-refractivity contribution >= 4 is 28.9 Å². The number of halogens is 1. The Labute approximate surface area is 150 Å². The van der Waals surface area contributed by atoms with E-state index >= 15 is 0 Å². The lowest BCUT2D eigenvalue weighted by molar-refractivity contribution is -0.119. The van der Waals surface area contributed by atoms with Crippen LogP contribution in [0.15, 0.2) is 47.6 Å². The molecule has 1 aliphatic rings. The zero-order chi connectivity index (χ0) is 17.6. The molecule has 2 aromatic rings. The number of hydrogen-bond donors (Lipinski definition) is 2. The number of nitrogens with zero attached hydrogens (tertiary/aromatic N) is 1. The smallest absolute Gasteiger partial charge is 0.259 e. The fourth-order valence-corrected chi connectivity index (χ4v) is 2.39. The van der Waals surface area contributed by atoms with Gasteiger partial charge in [0.05, 0.1) is 12.3 Å². The van der Waals surface area contributed by atoms with Crippen LogP contribution in [0.3, 0.4) is 0 Å². The molecular weight excluding hydrogens is 342 g/mol. The first-order valence-electron chi connectivity index (χ1n) is 7.84. The summed E-state index contributed by atoms with van der Waals surface area (Å²) in [6.45, 7) is 3.01. The Hall–Kier alpha value is -2.73. The Balaban J connectivity index is 1.55. The molecule has 0 fully saturated rings. The van der Waals surface area contributed by atoms with E-state index in [4.69, 9.17) is 21.1 Å². The van der Waals surface area contributed by atoms with Crippen LogP contribution < -0.4 is 20.2 Å². The lowest BCUT2D eigenvalue weighted by Crippen LogP contribution is -2.26. The minimum Gasteiger partial charge on any atom is -0.486 e. The topological polar surface area (TPSA) is 72.0 Å². The number of anilines is 1. The van der Waals surface area contributed by atoms with Crippen molar-refractivity contribution in [1.29, 1.82) is 0 Å². The molecule has 0 saturated carbocycles. The van der Waals surface area contributed by atoms with E-state index in [1.807, 2.05) is 25.1 Å². The van der Waals surface area contributed by atoms with Gasteiger partial charge in [0.15, 0.2) is 11.5 Å². The number of ether oxygens (including phenoxy) is 2. The summed E-state index contributed by atoms with van der Waals surface area (Å²) in [4.78, 5) is 11.9. The molecule has 0 unspecified atom stereocenters. The lowest BCUT2D eigenvalue weighted by atomic mass is 10.1. The van der Waals surface area contributed by atoms with E-state index in [-0.39, 0.29) is 12.5 Å². The molecule has 25 heavy (non-hydrogen) atoms. The molecule has 0 saturated heterocycles. The third kappa shape index (κ3) is 4.64. The first-order chi connectivity index (χ1) is 12.1. The normalized spacial score (nSPS) is 13.3. The van der Waals surface area contributed by atoms with Crippen LogP contribution in [0.1, 0.15) is 12.5 Å². The number of amides is 1. The third-order valence-corrected chi connectivity index (χ3v) is 3.86. The Bertz CT molecular complexity index is 791. The van der Waals surface area contributed by atoms with Gasteiger partial charge in [0.2, 0.25) is 0 Å². The number of nitrogens with one attached hydrogen (secondary N) is 2. The van der Waals surface area contributed by atoms with Gasteiger partial charge in [-0.15, -0.1) is 0 Å². The number of carbonyl (C=O) groups is 1. The van der Waals surface area contributed by atoms with Gasteiger partial charge in [-0.25, -0.2) is 5.43 Å². The fraction of sp³-hybridized carbons (Fsp3) is 0.222. The average molecular weight is 360 g/mol. The van der Waals surface area contributed by atoms with E-state index < -0.39 is 0 Å². The molecule has 0 spiro atoms. The highest BCUT2D eigenvalue weighted by molar-refractivity contribution is 6.30. The summed E-state index contributed by atoms with van der Waals surface area (Å²) < 4.78 is 11.0. The maximum Gasteiger partial charge on any atom is 0.259 e. The maximum absolute atomic E-state index is 11.9. The van der Waals surface area contributed by atoms with Crippen molar-refractivity contribution in [2.75, 3.05) is 25.1 Å². The van der Waals surface area contributed by atoms with Crippen molar-refractivity contribution in [1.82, 2.24) is 5.43 Å². The quantitative estimate of drug-likeness (QED) is 0.635. The number of benzene rings is 2. The molecule has 0 aliphatic carbocycles. The molecule has 1 heterocycles. The minimum atomic E-state index is -0.244. The van der Waals surface area contributed by atoms with Gasteiger partial charge < -0.3 is 14.8 Å². The van der Waals surface area contributed by atoms with Gasteiger partial charge in [-0.1, -0.05) is 11.6 Å². The lowest BCUT2D eigenvalue weighted by Gasteiger charge is -2.18. The summed E-state index contributed by atoms with van der Waals surface area (Å²) in [5.41, 5.74) is 4.88. The van der Waals surface area contributed by atoms with Crippen LogP contribution in [0.25, 0.3) is 0 Å². The summed E-state index contributed by atoms with van der Waals surface area (Å²) in [5.74, 6) is 1.17. The van der Waals surface area contributed by atoms with Crippen molar-refractivity contribution in [3.05, 3.63) is 53.1 Å². The number of fused-ring (bicyclic) bond motifs is 1. The van der Waals surface area contributed by atoms with Crippen molar-refractivity contribution in [2.24, 2.45) is 5.10 Å². The summed E-state index contributed by atoms with van der Waals surface area (Å²) in [6, 6.07) is 12.7. The molecule has 0 radical (unpaired) electrons. The van der Waals surface area contributed by atoms with Crippen LogP contribution in [-0.2, 0) is 4.79 Å². The highest BCUT2D eigenvalue weighted by Gasteiger charge is 2.12. The minimum absolute atomic E-state index is 0.111. The summed E-state index contributed by atoms with van der Waals surface area (Å²) in [5, 5.41) is 7.78. The van der Waals surface area contributed by atoms with Crippen LogP contribution in [0, 0.1) is 0 Å². The van der Waals surface area contributed by atoms with Crippen LogP contribution >= 0.6 is 11.6 Å². The van der Waals surface area contributed by atoms with Gasteiger partial charge in [-0.05, 0) is 49.4 Å². The number of hydrazone groups is 1. The fourth-order valence-electron chi connectivity index (χ4n) is 2.27. The maximum atomic E-state index is 11.9. The molecule has 2 N–H and O–H groups in total. The van der Waals surface area contributed by atoms with Gasteiger partial charge in [0, 0.05) is 16.3 Å². The van der Waals surface area contributed by atoms with E-state index in [0.29, 0.717) is 29.7 Å². The molecule has 6 nitrogen and oxygen atoms in total. The Morgan fingerprint density at radius 1 is 1.12 bits per heavy atom. The van der Waals surface area contributed by atoms with Crippen molar-refractivity contribution < 1.29 is 14.3 Å². The van der Waals surface area contributed by atoms with Crippen LogP contribution in [0.5, 0.6) is 11.5 Å². The Morgan fingerprint density at radius 3 is 2.60 bits per heavy atom. The highest BCUT2D eigenvalue weighted by atomic mass is 35.5. The Kier molecular flexibility index (Phi) is 5.40. The monoisotopic (exact) mass is 359 g/mol. The van der Waals surface area contributed by atoms with E-state index in [1.54, 1.807) is 24.3 Å². The summed E-state index contributed by atoms with van der Waals surface area (Å²) in [6.07, 6.45) is 0. The van der Waals surface area contributed by atoms with Crippen molar-refractivity contribution in [2.45, 2.75) is 6.92 Å². The van der Waals surface area contributed by atoms with Crippen LogP contribution in [0.2, 0.25) is 5.02 Å². The third-order valence-electron chi connectivity index (χ3n) is 3.61. The van der Waals surface area contributed by atoms with Gasteiger partial charge >= 0.3 is 0 Å². The molecular formula is C18H18ClN3O3. The summed E-state index contributed by atoms with van der Waals surface area (Å²) >= 11 is 5.82. The molecule has 1 amide bonds. The van der Waals surface area contributed by atoms with Gasteiger partial charge in [0.1, 0.15) is 13.2 Å². The number of carbonyl (C=O) groups excluding carboxylic acids is 1. The summed E-state index contributed by atoms with van der Waals surface area (Å²) in [7, 11) is 0. The standard InChI is InChI=1S/C18H18ClN3O3/c1-12(13-2-7-16-17(10-13)25-9-8-24-16)21-22-18(23)11-20-15-5-3-14(19)4-6-15/h2-7,10,20H,8-9,11H2,1H3,(H,22,23)/b21-12-. The van der Waals surface area contributed by atoms with E-state index in [2.05, 4.69) is 15.8 Å². The second-order valence-electron chi connectivity index (χ2n) is 5.45. The van der Waals surface area contributed by atoms with Gasteiger partial charge in [0.25, 0.3) is 5.91 Å². The first-order valence-corrected chi connectivity index (χ1v) is 8.22. The van der Waals surface area contributed by atoms with Gasteiger partial charge in [-0.3, -0.25) is 4.79 Å². The van der Waals surface area contributed by atoms with Gasteiger partial charge in [-0.2, -0.15) is 5.10 Å². The molecule has 2 aromatic carbocycles. The molecule has 0 aromatic heterocycles. The average Bonchev–Trinajstić information content (AvgIpc) is 2.65. The predicted octanol–water partition coefficient (Wildman–Crippen LogP) is 3.06. The Morgan fingerprint density at radius 2 is 1.84 bits per heavy atom. The molecule has 0 atom stereocenters. The van der Waals surface area contributed by atoms with Crippen molar-refractivity contribution in [3.63, 3.8) is 0 Å². The second-order valence-corrected chi connectivity index (χ2v) is 5.89. The zero-order valence-electron chi connectivity index (χ0n) is 13.7. The highest BCUT2D eigenvalue weighted by Crippen LogP contribution is 2.30. The first kappa shape index (κ1) is 17.1. The van der Waals surface area contributed by atoms with Crippen LogP contribution in [0.4, 0.5) is 5.69 Å².